The summed E-state index contributed by atoms with van der Waals surface area (Å²) in [6.07, 6.45) is 4.31. The second kappa shape index (κ2) is 3.97. The van der Waals surface area contributed by atoms with Crippen LogP contribution in [0.2, 0.25) is 0 Å². The molecular weight excluding hydrogens is 213 g/mol. The normalized spacial score (nSPS) is 11.7. The maximum absolute atomic E-state index is 13.4. The molecule has 0 aromatic carbocycles. The smallest absolute Gasteiger partial charge is 0.206 e. The number of halogens is 1. The molecule has 0 radical (unpaired) electrons. The fraction of sp³-hybridized carbons (Fsp3) is 0. The van der Waals surface area contributed by atoms with Crippen LogP contribution in [0.3, 0.4) is 0 Å². The minimum absolute atomic E-state index is 0.0431. The average Bonchev–Trinajstić information content (AvgIpc) is 2.77. The molecule has 6 nitrogen and oxygen atoms in total. The Kier molecular flexibility index (Phi) is 2.50. The van der Waals surface area contributed by atoms with Crippen molar-refractivity contribution in [3.63, 3.8) is 0 Å². The molecule has 0 bridgehead atoms. The van der Waals surface area contributed by atoms with Gasteiger partial charge in [0, 0.05) is 18.6 Å². The van der Waals surface area contributed by atoms with E-state index >= 15 is 0 Å². The Labute approximate surface area is 89.9 Å². The number of oxime groups is 1. The van der Waals surface area contributed by atoms with Gasteiger partial charge in [0.25, 0.3) is 0 Å². The van der Waals surface area contributed by atoms with Crippen molar-refractivity contribution in [1.29, 1.82) is 0 Å². The molecule has 3 N–H and O–H groups in total. The molecular formula is C9H8FN5O. The van der Waals surface area contributed by atoms with Crippen LogP contribution < -0.4 is 5.73 Å². The molecule has 7 heteroatoms. The highest BCUT2D eigenvalue weighted by Crippen LogP contribution is 2.11. The number of aromatic nitrogens is 3. The molecule has 0 fully saturated rings. The first-order valence-corrected chi connectivity index (χ1v) is 4.36. The molecule has 0 saturated carbocycles. The lowest BCUT2D eigenvalue weighted by atomic mass is 10.4. The first-order valence-electron chi connectivity index (χ1n) is 4.36. The van der Waals surface area contributed by atoms with Crippen molar-refractivity contribution in [1.82, 2.24) is 14.5 Å². The third-order valence-electron chi connectivity index (χ3n) is 1.94. The van der Waals surface area contributed by atoms with E-state index in [2.05, 4.69) is 15.1 Å². The summed E-state index contributed by atoms with van der Waals surface area (Å²) in [5, 5.41) is 11.4. The maximum atomic E-state index is 13.4. The molecule has 0 aliphatic heterocycles. The van der Waals surface area contributed by atoms with Crippen molar-refractivity contribution in [3.05, 3.63) is 42.4 Å². The van der Waals surface area contributed by atoms with Gasteiger partial charge in [0.2, 0.25) is 5.84 Å². The quantitative estimate of drug-likeness (QED) is 0.334. The Morgan fingerprint density at radius 3 is 2.94 bits per heavy atom. The lowest BCUT2D eigenvalue weighted by Gasteiger charge is -2.05. The molecule has 0 spiro atoms. The number of nitrogens with zero attached hydrogens (tertiary/aromatic N) is 4. The third-order valence-corrected chi connectivity index (χ3v) is 1.94. The number of amidine groups is 1. The number of rotatable bonds is 2. The Morgan fingerprint density at radius 1 is 1.44 bits per heavy atom. The zero-order chi connectivity index (χ0) is 11.5. The van der Waals surface area contributed by atoms with Gasteiger partial charge in [-0.1, -0.05) is 5.16 Å². The summed E-state index contributed by atoms with van der Waals surface area (Å²) in [6, 6.07) is 2.73. The second-order valence-corrected chi connectivity index (χ2v) is 2.91. The highest BCUT2D eigenvalue weighted by atomic mass is 19.1. The van der Waals surface area contributed by atoms with Gasteiger partial charge in [-0.05, 0) is 12.1 Å². The molecule has 16 heavy (non-hydrogen) atoms. The van der Waals surface area contributed by atoms with Gasteiger partial charge in [-0.2, -0.15) is 0 Å². The van der Waals surface area contributed by atoms with E-state index in [1.807, 2.05) is 0 Å². The van der Waals surface area contributed by atoms with Gasteiger partial charge < -0.3 is 10.9 Å². The fourth-order valence-corrected chi connectivity index (χ4v) is 1.26. The highest BCUT2D eigenvalue weighted by molar-refractivity contribution is 5.94. The monoisotopic (exact) mass is 221 g/mol. The molecule has 0 amide bonds. The van der Waals surface area contributed by atoms with Crippen molar-refractivity contribution >= 4 is 5.84 Å². The third kappa shape index (κ3) is 1.58. The van der Waals surface area contributed by atoms with E-state index in [4.69, 9.17) is 10.9 Å². The van der Waals surface area contributed by atoms with Gasteiger partial charge >= 0.3 is 0 Å². The molecule has 0 aliphatic rings. The topological polar surface area (TPSA) is 89.3 Å². The van der Waals surface area contributed by atoms with Crippen LogP contribution in [-0.4, -0.2) is 25.6 Å². The van der Waals surface area contributed by atoms with Crippen LogP contribution in [0.25, 0.3) is 5.82 Å². The van der Waals surface area contributed by atoms with Gasteiger partial charge in [0.05, 0.1) is 0 Å². The summed E-state index contributed by atoms with van der Waals surface area (Å²) in [7, 11) is 0. The van der Waals surface area contributed by atoms with E-state index < -0.39 is 5.82 Å². The Bertz CT molecular complexity index is 536. The van der Waals surface area contributed by atoms with Crippen LogP contribution >= 0.6 is 0 Å². The standard InChI is InChI=1S/C9H8FN5O/c10-6-2-1-3-12-8(6)15-5-4-13-9(15)7(11)14-16/h1-5,16H,(H2,11,14). The lowest BCUT2D eigenvalue weighted by molar-refractivity contribution is 0.318. The summed E-state index contributed by atoms with van der Waals surface area (Å²) in [6.45, 7) is 0. The predicted octanol–water partition coefficient (Wildman–Crippen LogP) is 0.501. The molecule has 2 aromatic rings. The summed E-state index contributed by atoms with van der Waals surface area (Å²) in [5.41, 5.74) is 5.39. The minimum Gasteiger partial charge on any atom is -0.409 e. The lowest BCUT2D eigenvalue weighted by Crippen LogP contribution is -2.19. The Balaban J connectivity index is 2.58. The number of hydrogen-bond acceptors (Lipinski definition) is 4. The Morgan fingerprint density at radius 2 is 2.25 bits per heavy atom. The summed E-state index contributed by atoms with van der Waals surface area (Å²) < 4.78 is 14.7. The van der Waals surface area contributed by atoms with E-state index in [0.717, 1.165) is 0 Å². The van der Waals surface area contributed by atoms with Crippen molar-refractivity contribution in [3.8, 4) is 5.82 Å². The minimum atomic E-state index is -0.521. The Hall–Kier alpha value is -2.44. The molecule has 0 saturated heterocycles. The molecule has 0 unspecified atom stereocenters. The molecule has 2 aromatic heterocycles. The summed E-state index contributed by atoms with van der Waals surface area (Å²) in [4.78, 5) is 7.70. The van der Waals surface area contributed by atoms with Gasteiger partial charge in [-0.25, -0.2) is 14.4 Å². The first kappa shape index (κ1) is 10.1. The van der Waals surface area contributed by atoms with Crippen molar-refractivity contribution in [2.45, 2.75) is 0 Å². The first-order chi connectivity index (χ1) is 7.74. The largest absolute Gasteiger partial charge is 0.409 e. The van der Waals surface area contributed by atoms with Crippen LogP contribution in [0, 0.1) is 5.82 Å². The van der Waals surface area contributed by atoms with E-state index in [1.54, 1.807) is 0 Å². The number of pyridine rings is 1. The van der Waals surface area contributed by atoms with Gasteiger partial charge in [0.1, 0.15) is 0 Å². The fourth-order valence-electron chi connectivity index (χ4n) is 1.26. The van der Waals surface area contributed by atoms with Crippen LogP contribution in [0.4, 0.5) is 4.39 Å². The van der Waals surface area contributed by atoms with Crippen LogP contribution in [-0.2, 0) is 0 Å². The van der Waals surface area contributed by atoms with Gasteiger partial charge in [-0.15, -0.1) is 0 Å². The van der Waals surface area contributed by atoms with Crippen LogP contribution in [0.15, 0.2) is 35.9 Å². The van der Waals surface area contributed by atoms with Crippen LogP contribution in [0.5, 0.6) is 0 Å². The molecule has 0 atom stereocenters. The number of nitrogens with two attached hydrogens (primary N) is 1. The average molecular weight is 221 g/mol. The van der Waals surface area contributed by atoms with Crippen LogP contribution in [0.1, 0.15) is 5.82 Å². The molecule has 0 aliphatic carbocycles. The molecule has 2 rings (SSSR count). The van der Waals surface area contributed by atoms with E-state index in [9.17, 15) is 4.39 Å². The molecule has 82 valence electrons. The number of imidazole rings is 1. The predicted molar refractivity (Wildman–Crippen MR) is 53.8 cm³/mol. The van der Waals surface area contributed by atoms with Crippen molar-refractivity contribution in [2.24, 2.45) is 10.9 Å². The highest BCUT2D eigenvalue weighted by Gasteiger charge is 2.13. The summed E-state index contributed by atoms with van der Waals surface area (Å²) >= 11 is 0. The van der Waals surface area contributed by atoms with E-state index in [1.165, 1.54) is 35.3 Å². The maximum Gasteiger partial charge on any atom is 0.206 e. The second-order valence-electron chi connectivity index (χ2n) is 2.91. The zero-order valence-corrected chi connectivity index (χ0v) is 8.08. The molecule has 2 heterocycles. The van der Waals surface area contributed by atoms with Crippen molar-refractivity contribution in [2.75, 3.05) is 0 Å². The van der Waals surface area contributed by atoms with Gasteiger partial charge in [0.15, 0.2) is 17.5 Å². The van der Waals surface area contributed by atoms with E-state index in [0.29, 0.717) is 0 Å². The van der Waals surface area contributed by atoms with Gasteiger partial charge in [-0.3, -0.25) is 4.57 Å². The number of hydrogen-bond donors (Lipinski definition) is 2. The summed E-state index contributed by atoms with van der Waals surface area (Å²) in [5.74, 6) is -0.566. The van der Waals surface area contributed by atoms with E-state index in [-0.39, 0.29) is 17.5 Å². The zero-order valence-electron chi connectivity index (χ0n) is 8.08. The SMILES string of the molecule is NC(=NO)c1nccn1-c1ncccc1F. The van der Waals surface area contributed by atoms with Crippen molar-refractivity contribution < 1.29 is 9.60 Å².